The highest BCUT2D eigenvalue weighted by Crippen LogP contribution is 2.27. The van der Waals surface area contributed by atoms with Gasteiger partial charge in [0.2, 0.25) is 0 Å². The second-order valence-corrected chi connectivity index (χ2v) is 3.92. The van der Waals surface area contributed by atoms with Crippen LogP contribution in [0, 0.1) is 0 Å². The van der Waals surface area contributed by atoms with Crippen LogP contribution in [-0.4, -0.2) is 19.7 Å². The lowest BCUT2D eigenvalue weighted by atomic mass is 9.96. The summed E-state index contributed by atoms with van der Waals surface area (Å²) >= 11 is 0. The van der Waals surface area contributed by atoms with Gasteiger partial charge in [0, 0.05) is 23.9 Å². The number of rotatable bonds is 4. The zero-order valence-corrected chi connectivity index (χ0v) is 9.72. The summed E-state index contributed by atoms with van der Waals surface area (Å²) in [4.78, 5) is 4.26. The molecule has 4 heteroatoms. The van der Waals surface area contributed by atoms with Crippen LogP contribution >= 0.6 is 0 Å². The van der Waals surface area contributed by atoms with Gasteiger partial charge in [0.1, 0.15) is 0 Å². The van der Waals surface area contributed by atoms with E-state index in [0.717, 1.165) is 29.7 Å². The smallest absolute Gasteiger partial charge is 0.160 e. The van der Waals surface area contributed by atoms with E-state index in [4.69, 9.17) is 0 Å². The van der Waals surface area contributed by atoms with E-state index < -0.39 is 0 Å². The van der Waals surface area contributed by atoms with E-state index in [0.29, 0.717) is 5.92 Å². The second kappa shape index (κ2) is 4.61. The first-order valence-corrected chi connectivity index (χ1v) is 5.74. The molecule has 0 aliphatic heterocycles. The monoisotopic (exact) mass is 219 g/mol. The Morgan fingerprint density at radius 1 is 1.38 bits per heavy atom. The minimum absolute atomic E-state index is 0.00630. The molecule has 0 radical (unpaired) electrons. The Morgan fingerprint density at radius 3 is 2.75 bits per heavy atom. The molecule has 4 nitrogen and oxygen atoms in total. The van der Waals surface area contributed by atoms with Crippen LogP contribution in [0.2, 0.25) is 0 Å². The number of nitrogens with zero attached hydrogens (tertiary/aromatic N) is 3. The topological polar surface area (TPSA) is 50.4 Å². The number of hydrogen-bond donors (Lipinski definition) is 1. The van der Waals surface area contributed by atoms with Crippen molar-refractivity contribution in [3.8, 4) is 0 Å². The van der Waals surface area contributed by atoms with Gasteiger partial charge in [-0.2, -0.15) is 5.10 Å². The fourth-order valence-electron chi connectivity index (χ4n) is 2.11. The first-order chi connectivity index (χ1) is 7.81. The number of aliphatic hydroxyl groups excluding tert-OH is 1. The Hall–Kier alpha value is -1.42. The van der Waals surface area contributed by atoms with Crippen LogP contribution in [0.25, 0.3) is 5.65 Å². The molecule has 0 aliphatic carbocycles. The largest absolute Gasteiger partial charge is 0.391 e. The van der Waals surface area contributed by atoms with Gasteiger partial charge in [-0.3, -0.25) is 0 Å². The third-order valence-electron chi connectivity index (χ3n) is 3.05. The van der Waals surface area contributed by atoms with Crippen LogP contribution < -0.4 is 0 Å². The van der Waals surface area contributed by atoms with Gasteiger partial charge in [-0.1, -0.05) is 13.8 Å². The maximum atomic E-state index is 9.45. The van der Waals surface area contributed by atoms with Gasteiger partial charge in [0.15, 0.2) is 5.65 Å². The molecule has 0 aliphatic rings. The highest BCUT2D eigenvalue weighted by molar-refractivity contribution is 5.50. The van der Waals surface area contributed by atoms with E-state index in [2.05, 4.69) is 23.9 Å². The molecule has 16 heavy (non-hydrogen) atoms. The summed E-state index contributed by atoms with van der Waals surface area (Å²) in [5.41, 5.74) is 2.63. The summed E-state index contributed by atoms with van der Waals surface area (Å²) < 4.78 is 1.75. The third kappa shape index (κ3) is 1.69. The lowest BCUT2D eigenvalue weighted by Gasteiger charge is -2.09. The van der Waals surface area contributed by atoms with Crippen molar-refractivity contribution < 1.29 is 5.11 Å². The van der Waals surface area contributed by atoms with Crippen molar-refractivity contribution in [2.75, 3.05) is 0 Å². The van der Waals surface area contributed by atoms with Crippen LogP contribution in [0.1, 0.15) is 43.9 Å². The Kier molecular flexibility index (Phi) is 3.19. The molecular formula is C12H17N3O. The fourth-order valence-corrected chi connectivity index (χ4v) is 2.11. The summed E-state index contributed by atoms with van der Waals surface area (Å²) in [6, 6.07) is 1.85. The summed E-state index contributed by atoms with van der Waals surface area (Å²) in [5, 5.41) is 14.0. The Morgan fingerprint density at radius 2 is 2.12 bits per heavy atom. The molecule has 0 saturated heterocycles. The molecule has 2 heterocycles. The molecule has 0 aromatic carbocycles. The molecule has 1 N–H and O–H groups in total. The molecule has 0 saturated carbocycles. The van der Waals surface area contributed by atoms with Crippen LogP contribution in [-0.2, 0) is 6.61 Å². The zero-order chi connectivity index (χ0) is 11.5. The quantitative estimate of drug-likeness (QED) is 0.857. The van der Waals surface area contributed by atoms with E-state index >= 15 is 0 Å². The number of hydrogen-bond acceptors (Lipinski definition) is 3. The number of aromatic nitrogens is 3. The highest BCUT2D eigenvalue weighted by Gasteiger charge is 2.18. The van der Waals surface area contributed by atoms with Gasteiger partial charge in [0.05, 0.1) is 12.3 Å². The summed E-state index contributed by atoms with van der Waals surface area (Å²) in [6.45, 7) is 4.30. The molecule has 86 valence electrons. The average Bonchev–Trinajstić information content (AvgIpc) is 2.69. The molecule has 0 amide bonds. The maximum Gasteiger partial charge on any atom is 0.160 e. The molecular weight excluding hydrogens is 202 g/mol. The Balaban J connectivity index is 2.60. The first-order valence-electron chi connectivity index (χ1n) is 5.74. The van der Waals surface area contributed by atoms with Crippen molar-refractivity contribution in [1.82, 2.24) is 14.6 Å². The molecule has 2 rings (SSSR count). The van der Waals surface area contributed by atoms with Crippen LogP contribution in [0.5, 0.6) is 0 Å². The third-order valence-corrected chi connectivity index (χ3v) is 3.05. The molecule has 2 aromatic rings. The molecule has 0 bridgehead atoms. The van der Waals surface area contributed by atoms with Crippen LogP contribution in [0.3, 0.4) is 0 Å². The van der Waals surface area contributed by atoms with Gasteiger partial charge in [-0.25, -0.2) is 9.50 Å². The van der Waals surface area contributed by atoms with E-state index in [1.54, 1.807) is 10.7 Å². The zero-order valence-electron chi connectivity index (χ0n) is 9.72. The lowest BCUT2D eigenvalue weighted by molar-refractivity contribution is 0.281. The van der Waals surface area contributed by atoms with E-state index in [1.807, 2.05) is 12.3 Å². The van der Waals surface area contributed by atoms with Gasteiger partial charge >= 0.3 is 0 Å². The molecule has 0 fully saturated rings. The summed E-state index contributed by atoms with van der Waals surface area (Å²) in [6.07, 6.45) is 5.67. The SMILES string of the molecule is CCC(CC)c1nn2cccnc2c1CO. The van der Waals surface area contributed by atoms with Crippen molar-refractivity contribution in [2.24, 2.45) is 0 Å². The van der Waals surface area contributed by atoms with Crippen LogP contribution in [0.4, 0.5) is 0 Å². The predicted molar refractivity (Wildman–Crippen MR) is 62.2 cm³/mol. The van der Waals surface area contributed by atoms with Crippen molar-refractivity contribution in [3.05, 3.63) is 29.7 Å². The molecule has 0 unspecified atom stereocenters. The highest BCUT2D eigenvalue weighted by atomic mass is 16.3. The fraction of sp³-hybridized carbons (Fsp3) is 0.500. The lowest BCUT2D eigenvalue weighted by Crippen LogP contribution is -2.00. The van der Waals surface area contributed by atoms with Crippen molar-refractivity contribution in [3.63, 3.8) is 0 Å². The minimum atomic E-state index is 0.00630. The summed E-state index contributed by atoms with van der Waals surface area (Å²) in [5.74, 6) is 0.406. The van der Waals surface area contributed by atoms with E-state index in [-0.39, 0.29) is 6.61 Å². The molecule has 0 atom stereocenters. The Bertz CT molecular complexity index is 474. The standard InChI is InChI=1S/C12H17N3O/c1-3-9(4-2)11-10(8-16)12-13-6-5-7-15(12)14-11/h5-7,9,16H,3-4,8H2,1-2H3. The minimum Gasteiger partial charge on any atom is -0.391 e. The van der Waals surface area contributed by atoms with Gasteiger partial charge < -0.3 is 5.11 Å². The predicted octanol–water partition coefficient (Wildman–Crippen LogP) is 2.13. The second-order valence-electron chi connectivity index (χ2n) is 3.92. The average molecular weight is 219 g/mol. The van der Waals surface area contributed by atoms with Gasteiger partial charge in [0.25, 0.3) is 0 Å². The summed E-state index contributed by atoms with van der Waals surface area (Å²) in [7, 11) is 0. The van der Waals surface area contributed by atoms with Crippen molar-refractivity contribution >= 4 is 5.65 Å². The normalized spacial score (nSPS) is 11.5. The number of fused-ring (bicyclic) bond motifs is 1. The van der Waals surface area contributed by atoms with Crippen molar-refractivity contribution in [1.29, 1.82) is 0 Å². The molecule has 0 spiro atoms. The van der Waals surface area contributed by atoms with E-state index in [9.17, 15) is 5.11 Å². The number of aliphatic hydroxyl groups is 1. The van der Waals surface area contributed by atoms with Gasteiger partial charge in [-0.15, -0.1) is 0 Å². The van der Waals surface area contributed by atoms with Crippen LogP contribution in [0.15, 0.2) is 18.5 Å². The van der Waals surface area contributed by atoms with E-state index in [1.165, 1.54) is 0 Å². The van der Waals surface area contributed by atoms with Gasteiger partial charge in [-0.05, 0) is 18.9 Å². The maximum absolute atomic E-state index is 9.45. The Labute approximate surface area is 94.9 Å². The van der Waals surface area contributed by atoms with Crippen molar-refractivity contribution in [2.45, 2.75) is 39.2 Å². The molecule has 2 aromatic heterocycles. The first kappa shape index (κ1) is 11.1.